The highest BCUT2D eigenvalue weighted by molar-refractivity contribution is 5.79. The molecule has 2 aromatic heterocycles. The average molecular weight is 368 g/mol. The molecule has 1 N–H and O–H groups in total. The van der Waals surface area contributed by atoms with Crippen LogP contribution in [0.5, 0.6) is 0 Å². The molecule has 1 atom stereocenters. The Morgan fingerprint density at radius 2 is 2.07 bits per heavy atom. The molecule has 1 saturated heterocycles. The second-order valence-electron chi connectivity index (χ2n) is 7.04. The first-order valence-electron chi connectivity index (χ1n) is 9.30. The fourth-order valence-electron chi connectivity index (χ4n) is 3.78. The van der Waals surface area contributed by atoms with Crippen molar-refractivity contribution in [1.29, 1.82) is 0 Å². The number of hydrogen-bond donors (Lipinski definition) is 1. The van der Waals surface area contributed by atoms with Crippen LogP contribution in [0.25, 0.3) is 10.9 Å². The number of nitrogens with zero attached hydrogens (tertiary/aromatic N) is 5. The number of nitrogens with one attached hydrogen (secondary N) is 1. The average Bonchev–Trinajstić information content (AvgIpc) is 3.33. The maximum absolute atomic E-state index is 13.0. The number of fused-ring (bicyclic) bond motifs is 1. The van der Waals surface area contributed by atoms with Gasteiger partial charge >= 0.3 is 0 Å². The molecule has 0 saturated carbocycles. The summed E-state index contributed by atoms with van der Waals surface area (Å²) in [5, 5.41) is 13.3. The summed E-state index contributed by atoms with van der Waals surface area (Å²) < 4.78 is 6.92. The lowest BCUT2D eigenvalue weighted by Gasteiger charge is -2.26. The summed E-state index contributed by atoms with van der Waals surface area (Å²) in [6.07, 6.45) is 2.22. The van der Waals surface area contributed by atoms with Crippen LogP contribution in [-0.2, 0) is 11.3 Å². The van der Waals surface area contributed by atoms with Gasteiger partial charge in [0.1, 0.15) is 6.04 Å². The molecule has 1 aliphatic heterocycles. The fraction of sp³-hybridized carbons (Fsp3) is 0.474. The van der Waals surface area contributed by atoms with Crippen molar-refractivity contribution in [3.05, 3.63) is 51.6 Å². The predicted molar refractivity (Wildman–Crippen MR) is 102 cm³/mol. The largest absolute Gasteiger partial charge is 0.383 e. The maximum Gasteiger partial charge on any atom is 0.253 e. The molecule has 27 heavy (non-hydrogen) atoms. The van der Waals surface area contributed by atoms with Gasteiger partial charge in [-0.25, -0.2) is 4.68 Å². The molecule has 0 spiro atoms. The van der Waals surface area contributed by atoms with Gasteiger partial charge in [-0.05, 0) is 66.4 Å². The molecular formula is C19H24N6O2. The van der Waals surface area contributed by atoms with Crippen LogP contribution in [0.1, 0.15) is 35.8 Å². The number of benzene rings is 1. The lowest BCUT2D eigenvalue weighted by molar-refractivity contribution is 0.178. The molecule has 0 amide bonds. The predicted octanol–water partition coefficient (Wildman–Crippen LogP) is 1.65. The topological polar surface area (TPSA) is 88.9 Å². The van der Waals surface area contributed by atoms with Crippen LogP contribution in [0.4, 0.5) is 0 Å². The Labute approximate surface area is 157 Å². The number of aromatic amines is 1. The molecule has 4 rings (SSSR count). The van der Waals surface area contributed by atoms with Gasteiger partial charge < -0.3 is 9.72 Å². The number of tetrazole rings is 1. The van der Waals surface area contributed by atoms with Gasteiger partial charge in [0, 0.05) is 18.2 Å². The Kier molecular flexibility index (Phi) is 5.00. The molecule has 3 heterocycles. The SMILES string of the molecule is COCCn1nnnc1[C@@H](c1cc2ccc(C)cc2[nH]c1=O)N1CCCC1. The maximum atomic E-state index is 13.0. The van der Waals surface area contributed by atoms with Crippen molar-refractivity contribution in [2.24, 2.45) is 0 Å². The third-order valence-corrected chi connectivity index (χ3v) is 5.14. The minimum absolute atomic E-state index is 0.0914. The van der Waals surface area contributed by atoms with Crippen LogP contribution >= 0.6 is 0 Å². The number of methoxy groups -OCH3 is 1. The molecule has 1 fully saturated rings. The van der Waals surface area contributed by atoms with Crippen molar-refractivity contribution in [2.75, 3.05) is 26.8 Å². The van der Waals surface area contributed by atoms with E-state index in [1.54, 1.807) is 11.8 Å². The highest BCUT2D eigenvalue weighted by Gasteiger charge is 2.31. The first-order valence-corrected chi connectivity index (χ1v) is 9.30. The third-order valence-electron chi connectivity index (χ3n) is 5.14. The Bertz CT molecular complexity index is 989. The monoisotopic (exact) mass is 368 g/mol. The number of hydrogen-bond acceptors (Lipinski definition) is 6. The number of pyridine rings is 1. The molecule has 3 aromatic rings. The number of rotatable bonds is 6. The zero-order valence-electron chi connectivity index (χ0n) is 15.7. The van der Waals surface area contributed by atoms with Crippen molar-refractivity contribution < 1.29 is 4.74 Å². The quantitative estimate of drug-likeness (QED) is 0.712. The van der Waals surface area contributed by atoms with Crippen molar-refractivity contribution in [2.45, 2.75) is 32.4 Å². The highest BCUT2D eigenvalue weighted by Crippen LogP contribution is 2.29. The second-order valence-corrected chi connectivity index (χ2v) is 7.04. The number of ether oxygens (including phenoxy) is 1. The standard InChI is InChI=1S/C19H24N6O2/c1-13-5-6-14-12-15(19(26)20-16(14)11-13)17(24-7-3-4-8-24)18-21-22-23-25(18)9-10-27-2/h5-6,11-12,17H,3-4,7-10H2,1-2H3,(H,20,26)/t17-/m1/s1. The van der Waals surface area contributed by atoms with Crippen molar-refractivity contribution in [1.82, 2.24) is 30.1 Å². The summed E-state index contributed by atoms with van der Waals surface area (Å²) >= 11 is 0. The molecule has 0 bridgehead atoms. The van der Waals surface area contributed by atoms with Crippen molar-refractivity contribution in [3.63, 3.8) is 0 Å². The lowest BCUT2D eigenvalue weighted by atomic mass is 10.0. The van der Waals surface area contributed by atoms with Gasteiger partial charge in [0.15, 0.2) is 5.82 Å². The zero-order chi connectivity index (χ0) is 18.8. The van der Waals surface area contributed by atoms with Gasteiger partial charge in [-0.1, -0.05) is 12.1 Å². The number of H-pyrrole nitrogens is 1. The fourth-order valence-corrected chi connectivity index (χ4v) is 3.78. The van der Waals surface area contributed by atoms with Gasteiger partial charge in [0.05, 0.1) is 13.2 Å². The normalized spacial score (nSPS) is 16.2. The van der Waals surface area contributed by atoms with E-state index in [2.05, 4.69) is 31.5 Å². The molecule has 142 valence electrons. The first-order chi connectivity index (χ1) is 13.2. The summed E-state index contributed by atoms with van der Waals surface area (Å²) in [6, 6.07) is 7.80. The van der Waals surface area contributed by atoms with E-state index in [9.17, 15) is 4.79 Å². The number of aryl methyl sites for hydroxylation is 1. The Hall–Kier alpha value is -2.58. The molecule has 1 aliphatic rings. The Morgan fingerprint density at radius 3 is 2.85 bits per heavy atom. The minimum Gasteiger partial charge on any atom is -0.383 e. The van der Waals surface area contributed by atoms with Crippen LogP contribution in [0, 0.1) is 6.92 Å². The van der Waals surface area contributed by atoms with E-state index >= 15 is 0 Å². The molecule has 0 aliphatic carbocycles. The van der Waals surface area contributed by atoms with E-state index in [1.807, 2.05) is 25.1 Å². The van der Waals surface area contributed by atoms with Crippen molar-refractivity contribution >= 4 is 10.9 Å². The molecule has 8 nitrogen and oxygen atoms in total. The summed E-state index contributed by atoms with van der Waals surface area (Å²) in [6.45, 7) is 4.93. The lowest BCUT2D eigenvalue weighted by Crippen LogP contribution is -2.33. The van der Waals surface area contributed by atoms with Gasteiger partial charge in [0.25, 0.3) is 5.56 Å². The summed E-state index contributed by atoms with van der Waals surface area (Å²) in [7, 11) is 1.65. The van der Waals surface area contributed by atoms with E-state index in [4.69, 9.17) is 4.74 Å². The van der Waals surface area contributed by atoms with E-state index in [1.165, 1.54) is 0 Å². The molecule has 0 unspecified atom stereocenters. The summed E-state index contributed by atoms with van der Waals surface area (Å²) in [5.41, 5.74) is 2.56. The minimum atomic E-state index is -0.270. The van der Waals surface area contributed by atoms with Crippen LogP contribution in [-0.4, -0.2) is 56.9 Å². The van der Waals surface area contributed by atoms with Gasteiger partial charge in [0.2, 0.25) is 0 Å². The molecule has 1 aromatic carbocycles. The number of aromatic nitrogens is 5. The zero-order valence-corrected chi connectivity index (χ0v) is 15.7. The molecular weight excluding hydrogens is 344 g/mol. The van der Waals surface area contributed by atoms with Gasteiger partial charge in [-0.2, -0.15) is 0 Å². The Morgan fingerprint density at radius 1 is 1.26 bits per heavy atom. The third kappa shape index (κ3) is 3.50. The van der Waals surface area contributed by atoms with E-state index in [0.717, 1.165) is 42.4 Å². The van der Waals surface area contributed by atoms with Gasteiger partial charge in [-0.15, -0.1) is 5.10 Å². The second kappa shape index (κ2) is 7.58. The van der Waals surface area contributed by atoms with E-state index in [0.29, 0.717) is 24.5 Å². The smallest absolute Gasteiger partial charge is 0.253 e. The summed E-state index contributed by atoms with van der Waals surface area (Å²) in [5.74, 6) is 0.686. The molecule has 8 heteroatoms. The van der Waals surface area contributed by atoms with Crippen LogP contribution < -0.4 is 5.56 Å². The first kappa shape index (κ1) is 17.8. The van der Waals surface area contributed by atoms with Crippen LogP contribution in [0.3, 0.4) is 0 Å². The molecule has 0 radical (unpaired) electrons. The highest BCUT2D eigenvalue weighted by atomic mass is 16.5. The number of likely N-dealkylation sites (tertiary alicyclic amines) is 1. The van der Waals surface area contributed by atoms with Crippen molar-refractivity contribution in [3.8, 4) is 0 Å². The van der Waals surface area contributed by atoms with E-state index < -0.39 is 0 Å². The summed E-state index contributed by atoms with van der Waals surface area (Å²) in [4.78, 5) is 18.3. The van der Waals surface area contributed by atoms with Gasteiger partial charge in [-0.3, -0.25) is 9.69 Å². The Balaban J connectivity index is 1.83. The van der Waals surface area contributed by atoms with Crippen LogP contribution in [0.2, 0.25) is 0 Å². The van der Waals surface area contributed by atoms with Crippen LogP contribution in [0.15, 0.2) is 29.1 Å². The van der Waals surface area contributed by atoms with E-state index in [-0.39, 0.29) is 11.6 Å².